The number of methoxy groups -OCH3 is 1. The summed E-state index contributed by atoms with van der Waals surface area (Å²) in [7, 11) is 3.50. The Balaban J connectivity index is 0.00000450. The lowest BCUT2D eigenvalue weighted by Gasteiger charge is -2.22. The summed E-state index contributed by atoms with van der Waals surface area (Å²) in [4.78, 5) is 18.8. The maximum atomic E-state index is 12.1. The second-order valence-corrected chi connectivity index (χ2v) is 7.38. The average molecular weight is 532 g/mol. The van der Waals surface area contributed by atoms with E-state index in [0.717, 1.165) is 57.0 Å². The highest BCUT2D eigenvalue weighted by molar-refractivity contribution is 14.0. The predicted octanol–water partition coefficient (Wildman–Crippen LogP) is 2.89. The molecule has 170 valence electrons. The van der Waals surface area contributed by atoms with Crippen LogP contribution in [0, 0.1) is 5.92 Å². The van der Waals surface area contributed by atoms with Gasteiger partial charge in [-0.05, 0) is 30.5 Å². The monoisotopic (exact) mass is 532 g/mol. The molecule has 0 saturated carbocycles. The first-order chi connectivity index (χ1) is 14.2. The number of amides is 1. The Bertz CT molecular complexity index is 640. The molecule has 0 aliphatic carbocycles. The minimum Gasteiger partial charge on any atom is -0.382 e. The number of carbonyl (C=O) groups excluding carboxylic acids is 1. The van der Waals surface area contributed by atoms with Crippen LogP contribution in [0.3, 0.4) is 0 Å². The van der Waals surface area contributed by atoms with Gasteiger partial charge in [0.05, 0.1) is 19.8 Å². The number of hydrogen-bond donors (Lipinski definition) is 2. The van der Waals surface area contributed by atoms with Crippen LogP contribution in [0.2, 0.25) is 0 Å². The molecule has 7 nitrogen and oxygen atoms in total. The van der Waals surface area contributed by atoms with Gasteiger partial charge < -0.3 is 25.0 Å². The van der Waals surface area contributed by atoms with Crippen LogP contribution in [-0.4, -0.2) is 70.4 Å². The van der Waals surface area contributed by atoms with Gasteiger partial charge in [-0.2, -0.15) is 0 Å². The summed E-state index contributed by atoms with van der Waals surface area (Å²) in [5.41, 5.74) is 1.82. The summed E-state index contributed by atoms with van der Waals surface area (Å²) in [6.45, 7) is 7.49. The van der Waals surface area contributed by atoms with Gasteiger partial charge in [0.15, 0.2) is 5.96 Å². The van der Waals surface area contributed by atoms with Gasteiger partial charge in [-0.1, -0.05) is 25.5 Å². The van der Waals surface area contributed by atoms with Gasteiger partial charge in [0.1, 0.15) is 0 Å². The maximum Gasteiger partial charge on any atom is 0.251 e. The molecule has 8 heteroatoms. The fraction of sp³-hybridized carbons (Fsp3) is 0.636. The second-order valence-electron chi connectivity index (χ2n) is 7.38. The van der Waals surface area contributed by atoms with Gasteiger partial charge in [-0.25, -0.2) is 0 Å². The van der Waals surface area contributed by atoms with Crippen LogP contribution in [0.1, 0.15) is 42.1 Å². The van der Waals surface area contributed by atoms with E-state index < -0.39 is 0 Å². The summed E-state index contributed by atoms with van der Waals surface area (Å²) in [5.74, 6) is 1.42. The predicted molar refractivity (Wildman–Crippen MR) is 132 cm³/mol. The second kappa shape index (κ2) is 15.4. The lowest BCUT2D eigenvalue weighted by atomic mass is 10.1. The van der Waals surface area contributed by atoms with Crippen molar-refractivity contribution in [2.24, 2.45) is 10.9 Å². The Labute approximate surface area is 198 Å². The van der Waals surface area contributed by atoms with Crippen molar-refractivity contribution in [3.63, 3.8) is 0 Å². The highest BCUT2D eigenvalue weighted by Gasteiger charge is 2.24. The van der Waals surface area contributed by atoms with Gasteiger partial charge in [-0.3, -0.25) is 9.79 Å². The number of benzene rings is 1. The summed E-state index contributed by atoms with van der Waals surface area (Å²) in [6, 6.07) is 7.74. The lowest BCUT2D eigenvalue weighted by molar-refractivity contribution is 0.0536. The van der Waals surface area contributed by atoms with E-state index in [4.69, 9.17) is 9.47 Å². The first-order valence-corrected chi connectivity index (χ1v) is 10.6. The van der Waals surface area contributed by atoms with Gasteiger partial charge in [0.2, 0.25) is 0 Å². The van der Waals surface area contributed by atoms with Crippen LogP contribution in [0.15, 0.2) is 29.3 Å². The SMILES string of the molecule is CCCCNC(=O)c1ccc(CNC(=NC)N2CCC(COCCOC)C2)cc1.I. The number of guanidine groups is 1. The molecule has 2 rings (SSSR count). The van der Waals surface area contributed by atoms with Crippen LogP contribution in [0.4, 0.5) is 0 Å². The van der Waals surface area contributed by atoms with E-state index in [2.05, 4.69) is 27.4 Å². The molecule has 1 aromatic carbocycles. The van der Waals surface area contributed by atoms with Crippen molar-refractivity contribution in [3.8, 4) is 0 Å². The molecular weight excluding hydrogens is 495 g/mol. The van der Waals surface area contributed by atoms with E-state index in [1.807, 2.05) is 31.3 Å². The van der Waals surface area contributed by atoms with E-state index in [-0.39, 0.29) is 29.9 Å². The van der Waals surface area contributed by atoms with E-state index in [0.29, 0.717) is 31.2 Å². The third kappa shape index (κ3) is 9.18. The van der Waals surface area contributed by atoms with Crippen molar-refractivity contribution < 1.29 is 14.3 Å². The third-order valence-corrected chi connectivity index (χ3v) is 5.07. The number of rotatable bonds is 11. The van der Waals surface area contributed by atoms with Gasteiger partial charge in [0, 0.05) is 51.8 Å². The largest absolute Gasteiger partial charge is 0.382 e. The van der Waals surface area contributed by atoms with Gasteiger partial charge in [-0.15, -0.1) is 24.0 Å². The quantitative estimate of drug-likeness (QED) is 0.199. The molecule has 0 spiro atoms. The number of hydrogen-bond acceptors (Lipinski definition) is 4. The number of likely N-dealkylation sites (tertiary alicyclic amines) is 1. The molecule has 1 aliphatic rings. The van der Waals surface area contributed by atoms with Crippen LogP contribution in [0.25, 0.3) is 0 Å². The van der Waals surface area contributed by atoms with E-state index >= 15 is 0 Å². The average Bonchev–Trinajstić information content (AvgIpc) is 3.21. The van der Waals surface area contributed by atoms with Crippen molar-refractivity contribution in [3.05, 3.63) is 35.4 Å². The number of nitrogens with zero attached hydrogens (tertiary/aromatic N) is 2. The summed E-state index contributed by atoms with van der Waals surface area (Å²) < 4.78 is 10.7. The first-order valence-electron chi connectivity index (χ1n) is 10.6. The van der Waals surface area contributed by atoms with Gasteiger partial charge in [0.25, 0.3) is 5.91 Å². The standard InChI is InChI=1S/C22H36N4O3.HI/c1-4-5-11-24-21(27)20-8-6-18(7-9-20)15-25-22(23-2)26-12-10-19(16-26)17-29-14-13-28-3;/h6-9,19H,4-5,10-17H2,1-3H3,(H,23,25)(H,24,27);1H. The van der Waals surface area contributed by atoms with Gasteiger partial charge >= 0.3 is 0 Å². The number of aliphatic imine (C=N–C) groups is 1. The number of carbonyl (C=O) groups is 1. The number of ether oxygens (including phenoxy) is 2. The van der Waals surface area contributed by atoms with Crippen molar-refractivity contribution in [1.29, 1.82) is 0 Å². The molecule has 1 heterocycles. The molecule has 1 unspecified atom stereocenters. The maximum absolute atomic E-state index is 12.1. The zero-order valence-corrected chi connectivity index (χ0v) is 20.8. The van der Waals surface area contributed by atoms with Crippen molar-refractivity contribution in [1.82, 2.24) is 15.5 Å². The Kier molecular flexibility index (Phi) is 13.7. The van der Waals surface area contributed by atoms with Crippen LogP contribution >= 0.6 is 24.0 Å². The fourth-order valence-corrected chi connectivity index (χ4v) is 3.32. The van der Waals surface area contributed by atoms with E-state index in [9.17, 15) is 4.79 Å². The fourth-order valence-electron chi connectivity index (χ4n) is 3.32. The smallest absolute Gasteiger partial charge is 0.251 e. The molecule has 1 amide bonds. The molecule has 1 saturated heterocycles. The third-order valence-electron chi connectivity index (χ3n) is 5.07. The van der Waals surface area contributed by atoms with Crippen LogP contribution in [0.5, 0.6) is 0 Å². The zero-order valence-electron chi connectivity index (χ0n) is 18.5. The molecule has 1 aliphatic heterocycles. The Morgan fingerprint density at radius 1 is 1.23 bits per heavy atom. The van der Waals surface area contributed by atoms with Crippen LogP contribution in [-0.2, 0) is 16.0 Å². The Hall–Kier alpha value is -1.39. The highest BCUT2D eigenvalue weighted by Crippen LogP contribution is 2.17. The zero-order chi connectivity index (χ0) is 20.9. The number of unbranched alkanes of at least 4 members (excludes halogenated alkanes) is 1. The molecule has 0 aromatic heterocycles. The summed E-state index contributed by atoms with van der Waals surface area (Å²) in [6.07, 6.45) is 3.18. The Morgan fingerprint density at radius 3 is 2.67 bits per heavy atom. The molecule has 2 N–H and O–H groups in total. The summed E-state index contributed by atoms with van der Waals surface area (Å²) >= 11 is 0. The van der Waals surface area contributed by atoms with Crippen molar-refractivity contribution in [2.75, 3.05) is 53.6 Å². The van der Waals surface area contributed by atoms with E-state index in [1.54, 1.807) is 7.11 Å². The molecule has 1 fully saturated rings. The first kappa shape index (κ1) is 26.6. The normalized spacial score (nSPS) is 16.3. The topological polar surface area (TPSA) is 75.2 Å². The molecular formula is C22H37IN4O3. The van der Waals surface area contributed by atoms with E-state index in [1.165, 1.54) is 0 Å². The molecule has 30 heavy (non-hydrogen) atoms. The minimum absolute atomic E-state index is 0. The minimum atomic E-state index is -0.00963. The number of nitrogens with one attached hydrogen (secondary N) is 2. The molecule has 1 aromatic rings. The van der Waals surface area contributed by atoms with Crippen molar-refractivity contribution in [2.45, 2.75) is 32.7 Å². The summed E-state index contributed by atoms with van der Waals surface area (Å²) in [5, 5.41) is 6.37. The molecule has 0 radical (unpaired) electrons. The van der Waals surface area contributed by atoms with Crippen molar-refractivity contribution >= 4 is 35.8 Å². The lowest BCUT2D eigenvalue weighted by Crippen LogP contribution is -2.39. The molecule has 1 atom stereocenters. The Morgan fingerprint density at radius 2 is 2.00 bits per heavy atom. The van der Waals surface area contributed by atoms with Crippen LogP contribution < -0.4 is 10.6 Å². The molecule has 0 bridgehead atoms. The highest BCUT2D eigenvalue weighted by atomic mass is 127. The number of halogens is 1.